The maximum atomic E-state index is 13.3. The Morgan fingerprint density at radius 2 is 1.92 bits per heavy atom. The van der Waals surface area contributed by atoms with E-state index < -0.39 is 17.8 Å². The fourth-order valence-corrected chi connectivity index (χ4v) is 2.87. The first-order chi connectivity index (χ1) is 11.7. The smallest absolute Gasteiger partial charge is 0.420 e. The monoisotopic (exact) mass is 348 g/mol. The fraction of sp³-hybridized carbons (Fsp3) is 0.294. The highest BCUT2D eigenvalue weighted by Crippen LogP contribution is 2.46. The highest BCUT2D eigenvalue weighted by molar-refractivity contribution is 5.55. The molecule has 1 unspecified atom stereocenters. The number of nitrogens with two attached hydrogens (primary N) is 1. The lowest BCUT2D eigenvalue weighted by molar-refractivity contribution is -0.141. The molecule has 0 saturated heterocycles. The molecule has 1 aliphatic heterocycles. The van der Waals surface area contributed by atoms with Crippen LogP contribution in [0.25, 0.3) is 0 Å². The standard InChI is InChI=1S/C17H15F3N4O/c1-8(2)9-3-5-10(6-4-9)12-11(7-21)15(22)25-16-13(12)14(23-24-16)17(18,19)20/h3-6,8,12H,22H2,1-2H3,(H,23,24). The van der Waals surface area contributed by atoms with Gasteiger partial charge in [0.2, 0.25) is 11.8 Å². The molecule has 1 aromatic heterocycles. The summed E-state index contributed by atoms with van der Waals surface area (Å²) >= 11 is 0. The first-order valence-corrected chi connectivity index (χ1v) is 7.57. The number of rotatable bonds is 2. The van der Waals surface area contributed by atoms with E-state index in [-0.39, 0.29) is 28.8 Å². The van der Waals surface area contributed by atoms with E-state index in [2.05, 4.69) is 5.10 Å². The van der Waals surface area contributed by atoms with Gasteiger partial charge in [0.1, 0.15) is 17.3 Å². The van der Waals surface area contributed by atoms with Crippen LogP contribution in [0.1, 0.15) is 48.1 Å². The Hall–Kier alpha value is -2.95. The Balaban J connectivity index is 2.20. The SMILES string of the molecule is CC(C)c1ccc(C2C(C#N)=C(N)Oc3n[nH]c(C(F)(F)F)c32)cc1. The number of fused-ring (bicyclic) bond motifs is 1. The molecule has 0 radical (unpaired) electrons. The number of hydrogen-bond donors (Lipinski definition) is 2. The number of H-pyrrole nitrogens is 1. The first-order valence-electron chi connectivity index (χ1n) is 7.57. The molecular weight excluding hydrogens is 333 g/mol. The summed E-state index contributed by atoms with van der Waals surface area (Å²) in [6.45, 7) is 4.02. The minimum atomic E-state index is -4.66. The maximum Gasteiger partial charge on any atom is 0.433 e. The number of alkyl halides is 3. The molecule has 130 valence electrons. The number of halogens is 3. The van der Waals surface area contributed by atoms with Gasteiger partial charge in [0.15, 0.2) is 0 Å². The molecule has 2 heterocycles. The number of ether oxygens (including phenoxy) is 1. The van der Waals surface area contributed by atoms with Gasteiger partial charge in [0.05, 0.1) is 11.5 Å². The van der Waals surface area contributed by atoms with E-state index in [1.165, 1.54) is 0 Å². The molecule has 3 N–H and O–H groups in total. The fourth-order valence-electron chi connectivity index (χ4n) is 2.87. The lowest BCUT2D eigenvalue weighted by atomic mass is 9.83. The molecule has 3 rings (SSSR count). The van der Waals surface area contributed by atoms with Crippen molar-refractivity contribution in [3.63, 3.8) is 0 Å². The zero-order valence-electron chi connectivity index (χ0n) is 13.5. The second kappa shape index (κ2) is 5.84. The van der Waals surface area contributed by atoms with Crippen molar-refractivity contribution < 1.29 is 17.9 Å². The molecule has 1 aliphatic rings. The number of benzene rings is 1. The Morgan fingerprint density at radius 1 is 1.28 bits per heavy atom. The van der Waals surface area contributed by atoms with E-state index in [0.717, 1.165) is 5.56 Å². The minimum absolute atomic E-state index is 0.0725. The van der Waals surface area contributed by atoms with Gasteiger partial charge in [-0.25, -0.2) is 0 Å². The lowest BCUT2D eigenvalue weighted by Crippen LogP contribution is -2.22. The van der Waals surface area contributed by atoms with E-state index in [0.29, 0.717) is 5.56 Å². The van der Waals surface area contributed by atoms with Crippen molar-refractivity contribution in [2.24, 2.45) is 5.73 Å². The average molecular weight is 348 g/mol. The highest BCUT2D eigenvalue weighted by Gasteiger charge is 2.44. The summed E-state index contributed by atoms with van der Waals surface area (Å²) in [5.74, 6) is -1.23. The molecule has 0 spiro atoms. The zero-order chi connectivity index (χ0) is 18.4. The molecular formula is C17H15F3N4O. The summed E-state index contributed by atoms with van der Waals surface area (Å²) in [5.41, 5.74) is 5.94. The predicted molar refractivity (Wildman–Crippen MR) is 83.4 cm³/mol. The molecule has 2 aromatic rings. The topological polar surface area (TPSA) is 87.7 Å². The number of aromatic amines is 1. The van der Waals surface area contributed by atoms with Crippen LogP contribution < -0.4 is 10.5 Å². The van der Waals surface area contributed by atoms with Gasteiger partial charge in [-0.15, -0.1) is 5.10 Å². The third-order valence-corrected chi connectivity index (χ3v) is 4.16. The van der Waals surface area contributed by atoms with E-state index in [1.54, 1.807) is 12.1 Å². The van der Waals surface area contributed by atoms with Gasteiger partial charge in [-0.05, 0) is 17.0 Å². The Bertz CT molecular complexity index is 873. The minimum Gasteiger partial charge on any atom is -0.420 e. The summed E-state index contributed by atoms with van der Waals surface area (Å²) in [4.78, 5) is 0. The van der Waals surface area contributed by atoms with Gasteiger partial charge in [-0.2, -0.15) is 18.4 Å². The molecule has 1 aromatic carbocycles. The summed E-state index contributed by atoms with van der Waals surface area (Å²) in [6.07, 6.45) is -4.66. The summed E-state index contributed by atoms with van der Waals surface area (Å²) < 4.78 is 45.1. The van der Waals surface area contributed by atoms with Crippen molar-refractivity contribution in [2.45, 2.75) is 31.9 Å². The quantitative estimate of drug-likeness (QED) is 0.865. The van der Waals surface area contributed by atoms with Gasteiger partial charge < -0.3 is 10.5 Å². The second-order valence-electron chi connectivity index (χ2n) is 6.06. The van der Waals surface area contributed by atoms with Crippen LogP contribution in [0.4, 0.5) is 13.2 Å². The maximum absolute atomic E-state index is 13.3. The number of aromatic nitrogens is 2. The van der Waals surface area contributed by atoms with Crippen molar-refractivity contribution in [1.29, 1.82) is 5.26 Å². The molecule has 25 heavy (non-hydrogen) atoms. The van der Waals surface area contributed by atoms with Crippen LogP contribution in [0.2, 0.25) is 0 Å². The van der Waals surface area contributed by atoms with Crippen molar-refractivity contribution >= 4 is 0 Å². The van der Waals surface area contributed by atoms with Crippen LogP contribution in [-0.4, -0.2) is 10.2 Å². The molecule has 5 nitrogen and oxygen atoms in total. The molecule has 1 atom stereocenters. The van der Waals surface area contributed by atoms with Gasteiger partial charge >= 0.3 is 6.18 Å². The van der Waals surface area contributed by atoms with Gasteiger partial charge in [-0.3, -0.25) is 5.10 Å². The highest BCUT2D eigenvalue weighted by atomic mass is 19.4. The summed E-state index contributed by atoms with van der Waals surface area (Å²) in [6, 6.07) is 8.93. The average Bonchev–Trinajstić information content (AvgIpc) is 2.97. The summed E-state index contributed by atoms with van der Waals surface area (Å²) in [7, 11) is 0. The van der Waals surface area contributed by atoms with E-state index >= 15 is 0 Å². The number of allylic oxidation sites excluding steroid dienone is 1. The predicted octanol–water partition coefficient (Wildman–Crippen LogP) is 3.77. The third-order valence-electron chi connectivity index (χ3n) is 4.16. The van der Waals surface area contributed by atoms with Crippen molar-refractivity contribution in [3.8, 4) is 11.9 Å². The van der Waals surface area contributed by atoms with E-state index in [9.17, 15) is 18.4 Å². The van der Waals surface area contributed by atoms with Crippen LogP contribution in [0, 0.1) is 11.3 Å². The second-order valence-corrected chi connectivity index (χ2v) is 6.06. The Morgan fingerprint density at radius 3 is 2.44 bits per heavy atom. The van der Waals surface area contributed by atoms with Crippen LogP contribution >= 0.6 is 0 Å². The first kappa shape index (κ1) is 16.9. The van der Waals surface area contributed by atoms with Crippen molar-refractivity contribution in [1.82, 2.24) is 10.2 Å². The van der Waals surface area contributed by atoms with Crippen LogP contribution in [0.15, 0.2) is 35.7 Å². The van der Waals surface area contributed by atoms with E-state index in [4.69, 9.17) is 10.5 Å². The number of nitrogens with zero attached hydrogens (tertiary/aromatic N) is 2. The van der Waals surface area contributed by atoms with Gasteiger partial charge in [0.25, 0.3) is 0 Å². The lowest BCUT2D eigenvalue weighted by Gasteiger charge is -2.24. The van der Waals surface area contributed by atoms with Crippen molar-refractivity contribution in [3.05, 3.63) is 58.1 Å². The molecule has 0 bridgehead atoms. The van der Waals surface area contributed by atoms with Gasteiger partial charge in [-0.1, -0.05) is 38.1 Å². The molecule has 8 heteroatoms. The van der Waals surface area contributed by atoms with Crippen LogP contribution in [0.3, 0.4) is 0 Å². The Kier molecular flexibility index (Phi) is 3.95. The molecule has 0 aliphatic carbocycles. The molecule has 0 saturated carbocycles. The number of hydrogen-bond acceptors (Lipinski definition) is 4. The Labute approximate surface area is 141 Å². The number of nitriles is 1. The third kappa shape index (κ3) is 2.82. The zero-order valence-corrected chi connectivity index (χ0v) is 13.5. The normalized spacial score (nSPS) is 17.2. The number of nitrogens with one attached hydrogen (secondary N) is 1. The van der Waals surface area contributed by atoms with Crippen molar-refractivity contribution in [2.75, 3.05) is 0 Å². The van der Waals surface area contributed by atoms with Crippen LogP contribution in [0.5, 0.6) is 5.88 Å². The van der Waals surface area contributed by atoms with E-state index in [1.807, 2.05) is 37.1 Å². The largest absolute Gasteiger partial charge is 0.433 e. The molecule has 0 fully saturated rings. The van der Waals surface area contributed by atoms with Gasteiger partial charge in [0, 0.05) is 0 Å². The summed E-state index contributed by atoms with van der Waals surface area (Å²) in [5, 5.41) is 14.9. The molecule has 0 amide bonds. The van der Waals surface area contributed by atoms with Crippen LogP contribution in [-0.2, 0) is 6.18 Å².